The third kappa shape index (κ3) is 1.62. The molecule has 0 aromatic heterocycles. The van der Waals surface area contributed by atoms with Crippen molar-refractivity contribution in [2.24, 2.45) is 0 Å². The third-order valence-electron chi connectivity index (χ3n) is 1.88. The van der Waals surface area contributed by atoms with Crippen molar-refractivity contribution in [3.05, 3.63) is 0 Å². The molecule has 1 aliphatic heterocycles. The van der Waals surface area contributed by atoms with Crippen LogP contribution in [0.2, 0.25) is 0 Å². The molecule has 0 spiro atoms. The molecule has 1 N–H and O–H groups in total. The van der Waals surface area contributed by atoms with E-state index in [4.69, 9.17) is 5.21 Å². The van der Waals surface area contributed by atoms with Crippen molar-refractivity contribution >= 4 is 11.8 Å². The summed E-state index contributed by atoms with van der Waals surface area (Å²) in [7, 11) is 0. The minimum absolute atomic E-state index is 0.111. The number of nitrogens with zero attached hydrogens (tertiary/aromatic N) is 2. The quantitative estimate of drug-likeness (QED) is 0.426. The zero-order chi connectivity index (χ0) is 9.30. The van der Waals surface area contributed by atoms with Gasteiger partial charge in [-0.25, -0.2) is 0 Å². The zero-order valence-corrected chi connectivity index (χ0v) is 7.15. The van der Waals surface area contributed by atoms with E-state index in [-0.39, 0.29) is 24.2 Å². The van der Waals surface area contributed by atoms with Crippen molar-refractivity contribution in [2.45, 2.75) is 19.9 Å². The molecule has 1 fully saturated rings. The highest BCUT2D eigenvalue weighted by Crippen LogP contribution is 2.05. The Hall–Kier alpha value is -0.940. The standard InChI is InChI=1S/C7H12N2O3/c1-5(2)8-3-6(10)9(12)7(11)4-8/h5,12H,3-4H2,1-2H3. The molecule has 68 valence electrons. The molecule has 0 aromatic rings. The Morgan fingerprint density at radius 2 is 1.67 bits per heavy atom. The highest BCUT2D eigenvalue weighted by Gasteiger charge is 2.30. The van der Waals surface area contributed by atoms with Gasteiger partial charge in [0.25, 0.3) is 11.8 Å². The van der Waals surface area contributed by atoms with Crippen LogP contribution < -0.4 is 0 Å². The summed E-state index contributed by atoms with van der Waals surface area (Å²) in [5.74, 6) is -1.11. The first-order chi connectivity index (χ1) is 5.52. The summed E-state index contributed by atoms with van der Waals surface area (Å²) in [6, 6.07) is 0.145. The maximum Gasteiger partial charge on any atom is 0.267 e. The molecule has 0 radical (unpaired) electrons. The molecule has 0 unspecified atom stereocenters. The average molecular weight is 172 g/mol. The van der Waals surface area contributed by atoms with Crippen LogP contribution in [0.4, 0.5) is 0 Å². The van der Waals surface area contributed by atoms with Crippen molar-refractivity contribution in [3.8, 4) is 0 Å². The number of hydrogen-bond acceptors (Lipinski definition) is 4. The highest BCUT2D eigenvalue weighted by atomic mass is 16.5. The summed E-state index contributed by atoms with van der Waals surface area (Å²) in [5, 5.41) is 9.05. The molecule has 12 heavy (non-hydrogen) atoms. The molecular formula is C7H12N2O3. The van der Waals surface area contributed by atoms with Gasteiger partial charge in [-0.1, -0.05) is 0 Å². The Labute approximate surface area is 70.5 Å². The Kier molecular flexibility index (Phi) is 2.44. The fourth-order valence-electron chi connectivity index (χ4n) is 1.04. The molecule has 1 saturated heterocycles. The zero-order valence-electron chi connectivity index (χ0n) is 7.15. The largest absolute Gasteiger partial charge is 0.283 e. The molecule has 5 nitrogen and oxygen atoms in total. The van der Waals surface area contributed by atoms with E-state index in [0.29, 0.717) is 0 Å². The van der Waals surface area contributed by atoms with E-state index < -0.39 is 11.8 Å². The van der Waals surface area contributed by atoms with E-state index in [2.05, 4.69) is 0 Å². The van der Waals surface area contributed by atoms with Crippen molar-refractivity contribution in [1.29, 1.82) is 0 Å². The van der Waals surface area contributed by atoms with Gasteiger partial charge in [-0.3, -0.25) is 19.7 Å². The van der Waals surface area contributed by atoms with Gasteiger partial charge in [0, 0.05) is 6.04 Å². The van der Waals surface area contributed by atoms with Gasteiger partial charge in [0.05, 0.1) is 13.1 Å². The summed E-state index contributed by atoms with van der Waals surface area (Å²) in [6.45, 7) is 4.01. The molecule has 0 aromatic carbocycles. The van der Waals surface area contributed by atoms with Gasteiger partial charge >= 0.3 is 0 Å². The lowest BCUT2D eigenvalue weighted by Gasteiger charge is -2.31. The summed E-state index contributed by atoms with van der Waals surface area (Å²) < 4.78 is 0. The predicted octanol–water partition coefficient (Wildman–Crippen LogP) is -0.545. The topological polar surface area (TPSA) is 60.9 Å². The number of piperazine rings is 1. The molecule has 0 bridgehead atoms. The van der Waals surface area contributed by atoms with Crippen LogP contribution in [-0.2, 0) is 9.59 Å². The molecule has 0 aliphatic carbocycles. The van der Waals surface area contributed by atoms with Crippen molar-refractivity contribution in [1.82, 2.24) is 9.96 Å². The number of rotatable bonds is 1. The summed E-state index contributed by atoms with van der Waals surface area (Å²) in [4.78, 5) is 23.6. The number of imide groups is 1. The number of carbonyl (C=O) groups excluding carboxylic acids is 2. The Morgan fingerprint density at radius 1 is 1.25 bits per heavy atom. The minimum atomic E-state index is -0.556. The first kappa shape index (κ1) is 9.15. The third-order valence-corrected chi connectivity index (χ3v) is 1.88. The average Bonchev–Trinajstić information content (AvgIpc) is 1.99. The van der Waals surface area contributed by atoms with E-state index in [1.54, 1.807) is 4.90 Å². The van der Waals surface area contributed by atoms with Gasteiger partial charge in [-0.15, -0.1) is 0 Å². The maximum atomic E-state index is 10.9. The summed E-state index contributed by atoms with van der Waals surface area (Å²) in [6.07, 6.45) is 0. The van der Waals surface area contributed by atoms with Gasteiger partial charge in [0.1, 0.15) is 0 Å². The molecule has 0 atom stereocenters. The van der Waals surface area contributed by atoms with Crippen LogP contribution in [0.3, 0.4) is 0 Å². The van der Waals surface area contributed by atoms with Crippen LogP contribution >= 0.6 is 0 Å². The number of amides is 2. The van der Waals surface area contributed by atoms with E-state index in [0.717, 1.165) is 0 Å². The van der Waals surface area contributed by atoms with E-state index in [1.807, 2.05) is 13.8 Å². The van der Waals surface area contributed by atoms with Gasteiger partial charge in [0.2, 0.25) is 0 Å². The molecule has 5 heteroatoms. The van der Waals surface area contributed by atoms with E-state index in [9.17, 15) is 9.59 Å². The van der Waals surface area contributed by atoms with Crippen LogP contribution in [0.1, 0.15) is 13.8 Å². The smallest absolute Gasteiger partial charge is 0.267 e. The molecule has 2 amide bonds. The van der Waals surface area contributed by atoms with Gasteiger partial charge < -0.3 is 0 Å². The lowest BCUT2D eigenvalue weighted by atomic mass is 10.2. The fraction of sp³-hybridized carbons (Fsp3) is 0.714. The number of hydrogen-bond donors (Lipinski definition) is 1. The second kappa shape index (κ2) is 3.20. The summed E-state index contributed by atoms with van der Waals surface area (Å²) >= 11 is 0. The SMILES string of the molecule is CC(C)N1CC(=O)N(O)C(=O)C1. The molecule has 0 saturated carbocycles. The first-order valence-electron chi connectivity index (χ1n) is 3.81. The Bertz CT molecular complexity index is 197. The number of hydroxylamine groups is 2. The highest BCUT2D eigenvalue weighted by molar-refractivity contribution is 5.97. The minimum Gasteiger partial charge on any atom is -0.283 e. The fourth-order valence-corrected chi connectivity index (χ4v) is 1.04. The normalized spacial score (nSPS) is 20.8. The lowest BCUT2D eigenvalue weighted by molar-refractivity contribution is -0.187. The number of carbonyl (C=O) groups is 2. The van der Waals surface area contributed by atoms with Crippen LogP contribution in [0, 0.1) is 0 Å². The van der Waals surface area contributed by atoms with Crippen LogP contribution in [-0.4, -0.2) is 46.1 Å². The van der Waals surface area contributed by atoms with Gasteiger partial charge in [-0.2, -0.15) is 5.06 Å². The van der Waals surface area contributed by atoms with Crippen molar-refractivity contribution in [3.63, 3.8) is 0 Å². The van der Waals surface area contributed by atoms with Crippen LogP contribution in [0.5, 0.6) is 0 Å². The molecular weight excluding hydrogens is 160 g/mol. The monoisotopic (exact) mass is 172 g/mol. The summed E-state index contributed by atoms with van der Waals surface area (Å²) in [5.41, 5.74) is 0. The van der Waals surface area contributed by atoms with E-state index in [1.165, 1.54) is 0 Å². The lowest BCUT2D eigenvalue weighted by Crippen LogP contribution is -2.54. The predicted molar refractivity (Wildman–Crippen MR) is 40.3 cm³/mol. The van der Waals surface area contributed by atoms with Gasteiger partial charge in [0.15, 0.2) is 0 Å². The molecule has 1 heterocycles. The van der Waals surface area contributed by atoms with E-state index >= 15 is 0 Å². The van der Waals surface area contributed by atoms with Crippen LogP contribution in [0.15, 0.2) is 0 Å². The first-order valence-corrected chi connectivity index (χ1v) is 3.81. The van der Waals surface area contributed by atoms with Gasteiger partial charge in [-0.05, 0) is 13.8 Å². The second-order valence-electron chi connectivity index (χ2n) is 3.10. The van der Waals surface area contributed by atoms with Crippen molar-refractivity contribution < 1.29 is 14.8 Å². The maximum absolute atomic E-state index is 10.9. The Balaban J connectivity index is 2.66. The van der Waals surface area contributed by atoms with Crippen molar-refractivity contribution in [2.75, 3.05) is 13.1 Å². The molecule has 1 rings (SSSR count). The second-order valence-corrected chi connectivity index (χ2v) is 3.10. The molecule has 1 aliphatic rings. The van der Waals surface area contributed by atoms with Crippen LogP contribution in [0.25, 0.3) is 0 Å². The Morgan fingerprint density at radius 3 is 2.00 bits per heavy atom.